The number of fused-ring (bicyclic) bond motifs is 1. The van der Waals surface area contributed by atoms with Crippen LogP contribution in [0.15, 0.2) is 12.1 Å². The van der Waals surface area contributed by atoms with Crippen LogP contribution in [0.2, 0.25) is 0 Å². The van der Waals surface area contributed by atoms with Gasteiger partial charge in [-0.25, -0.2) is 4.98 Å². The molecule has 0 saturated heterocycles. The second-order valence-corrected chi connectivity index (χ2v) is 4.36. The Kier molecular flexibility index (Phi) is 4.47. The Morgan fingerprint density at radius 2 is 2.06 bits per heavy atom. The number of aromatic hydroxyl groups is 1. The predicted molar refractivity (Wildman–Crippen MR) is 69.3 cm³/mol. The molecular weight excluding hydrogens is 263 g/mol. The summed E-state index contributed by atoms with van der Waals surface area (Å²) in [7, 11) is 0. The van der Waals surface area contributed by atoms with Crippen molar-refractivity contribution in [3.63, 3.8) is 0 Å². The molecule has 1 fully saturated rings. The highest BCUT2D eigenvalue weighted by atomic mass is 35.5. The van der Waals surface area contributed by atoms with Crippen LogP contribution >= 0.6 is 24.8 Å². The van der Waals surface area contributed by atoms with E-state index in [0.717, 1.165) is 30.8 Å². The minimum absolute atomic E-state index is 0. The Labute approximate surface area is 113 Å². The van der Waals surface area contributed by atoms with Gasteiger partial charge in [0, 0.05) is 19.2 Å². The van der Waals surface area contributed by atoms with Gasteiger partial charge < -0.3 is 15.2 Å². The van der Waals surface area contributed by atoms with Crippen LogP contribution in [-0.2, 0) is 6.54 Å². The van der Waals surface area contributed by atoms with Crippen molar-refractivity contribution in [1.29, 1.82) is 0 Å². The number of halogens is 2. The van der Waals surface area contributed by atoms with Gasteiger partial charge in [-0.2, -0.15) is 0 Å². The molecule has 0 radical (unpaired) electrons. The normalized spacial score (nSPS) is 19.8. The summed E-state index contributed by atoms with van der Waals surface area (Å²) in [6.45, 7) is 1.55. The van der Waals surface area contributed by atoms with E-state index in [2.05, 4.69) is 10.3 Å². The summed E-state index contributed by atoms with van der Waals surface area (Å²) in [6.07, 6.45) is 3.46. The van der Waals surface area contributed by atoms with Gasteiger partial charge in [0.15, 0.2) is 0 Å². The highest BCUT2D eigenvalue weighted by Gasteiger charge is 2.40. The summed E-state index contributed by atoms with van der Waals surface area (Å²) >= 11 is 0. The molecule has 2 N–H and O–H groups in total. The van der Waals surface area contributed by atoms with Crippen molar-refractivity contribution in [2.75, 3.05) is 6.54 Å². The highest BCUT2D eigenvalue weighted by molar-refractivity contribution is 5.85. The first-order chi connectivity index (χ1) is 7.27. The summed E-state index contributed by atoms with van der Waals surface area (Å²) in [5, 5.41) is 12.6. The minimum Gasteiger partial charge on any atom is -0.493 e. The fourth-order valence-corrected chi connectivity index (χ4v) is 2.22. The number of hydrogen-bond acceptors (Lipinski definition) is 4. The third-order valence-electron chi connectivity index (χ3n) is 3.25. The fraction of sp³-hybridized carbons (Fsp3) is 0.545. The molecule has 1 saturated carbocycles. The SMILES string of the molecule is Cl.Cl.Oc1ccc2c(n1)CNCC1(CCC1)O2. The van der Waals surface area contributed by atoms with Gasteiger partial charge in [0.25, 0.3) is 0 Å². The molecule has 0 bridgehead atoms. The molecule has 0 atom stereocenters. The maximum atomic E-state index is 9.29. The molecule has 17 heavy (non-hydrogen) atoms. The standard InChI is InChI=1S/C11H14N2O2.2ClH/c14-10-3-2-9-8(13-10)6-12-7-11(15-9)4-1-5-11;;/h2-3,12H,1,4-7H2,(H,13,14);2*1H. The number of ether oxygens (including phenoxy) is 1. The second kappa shape index (κ2) is 5.29. The first-order valence-corrected chi connectivity index (χ1v) is 5.36. The van der Waals surface area contributed by atoms with Crippen LogP contribution in [0.3, 0.4) is 0 Å². The van der Waals surface area contributed by atoms with Gasteiger partial charge in [-0.3, -0.25) is 0 Å². The molecule has 96 valence electrons. The van der Waals surface area contributed by atoms with Gasteiger partial charge in [0.1, 0.15) is 17.0 Å². The fourth-order valence-electron chi connectivity index (χ4n) is 2.22. The molecule has 1 aliphatic carbocycles. The van der Waals surface area contributed by atoms with E-state index in [4.69, 9.17) is 4.74 Å². The Morgan fingerprint density at radius 3 is 2.71 bits per heavy atom. The van der Waals surface area contributed by atoms with Crippen molar-refractivity contribution >= 4 is 24.8 Å². The Morgan fingerprint density at radius 1 is 1.29 bits per heavy atom. The molecule has 3 rings (SSSR count). The van der Waals surface area contributed by atoms with Crippen LogP contribution in [0.25, 0.3) is 0 Å². The number of aromatic nitrogens is 1. The zero-order valence-corrected chi connectivity index (χ0v) is 10.9. The van der Waals surface area contributed by atoms with Crippen molar-refractivity contribution in [2.45, 2.75) is 31.4 Å². The third kappa shape index (κ3) is 2.59. The van der Waals surface area contributed by atoms with E-state index in [1.54, 1.807) is 6.07 Å². The molecule has 0 amide bonds. The monoisotopic (exact) mass is 278 g/mol. The predicted octanol–water partition coefficient (Wildman–Crippen LogP) is 2.04. The molecule has 1 spiro atoms. The largest absolute Gasteiger partial charge is 0.493 e. The number of rotatable bonds is 0. The van der Waals surface area contributed by atoms with Crippen molar-refractivity contribution in [1.82, 2.24) is 10.3 Å². The summed E-state index contributed by atoms with van der Waals surface area (Å²) in [6, 6.07) is 3.39. The van der Waals surface area contributed by atoms with E-state index in [0.29, 0.717) is 6.54 Å². The maximum Gasteiger partial charge on any atom is 0.211 e. The second-order valence-electron chi connectivity index (χ2n) is 4.36. The van der Waals surface area contributed by atoms with Gasteiger partial charge >= 0.3 is 0 Å². The lowest BCUT2D eigenvalue weighted by Gasteiger charge is -2.40. The third-order valence-corrected chi connectivity index (χ3v) is 3.25. The van der Waals surface area contributed by atoms with Crippen molar-refractivity contribution in [3.8, 4) is 11.6 Å². The molecule has 0 unspecified atom stereocenters. The lowest BCUT2D eigenvalue weighted by Crippen LogP contribution is -2.49. The van der Waals surface area contributed by atoms with Crippen LogP contribution < -0.4 is 10.1 Å². The molecule has 1 aromatic rings. The van der Waals surface area contributed by atoms with E-state index in [1.165, 1.54) is 6.42 Å². The molecule has 2 aliphatic rings. The maximum absolute atomic E-state index is 9.29. The average molecular weight is 279 g/mol. The van der Waals surface area contributed by atoms with E-state index in [9.17, 15) is 5.11 Å². The van der Waals surface area contributed by atoms with Gasteiger partial charge in [-0.05, 0) is 25.3 Å². The smallest absolute Gasteiger partial charge is 0.211 e. The van der Waals surface area contributed by atoms with E-state index in [1.807, 2.05) is 6.07 Å². The highest BCUT2D eigenvalue weighted by Crippen LogP contribution is 2.38. The number of nitrogens with one attached hydrogen (secondary N) is 1. The van der Waals surface area contributed by atoms with E-state index in [-0.39, 0.29) is 36.3 Å². The van der Waals surface area contributed by atoms with Crippen LogP contribution in [0, 0.1) is 0 Å². The molecule has 4 nitrogen and oxygen atoms in total. The number of nitrogens with zero attached hydrogens (tertiary/aromatic N) is 1. The zero-order valence-electron chi connectivity index (χ0n) is 9.31. The molecular formula is C11H16Cl2N2O2. The molecule has 0 aromatic carbocycles. The van der Waals surface area contributed by atoms with Crippen LogP contribution in [0.1, 0.15) is 25.0 Å². The van der Waals surface area contributed by atoms with Crippen molar-refractivity contribution in [3.05, 3.63) is 17.8 Å². The summed E-state index contributed by atoms with van der Waals surface area (Å²) in [5.41, 5.74) is 0.794. The van der Waals surface area contributed by atoms with Crippen molar-refractivity contribution in [2.24, 2.45) is 0 Å². The summed E-state index contributed by atoms with van der Waals surface area (Å²) in [4.78, 5) is 4.07. The van der Waals surface area contributed by atoms with Gasteiger partial charge in [-0.15, -0.1) is 24.8 Å². The first kappa shape index (κ1) is 14.4. The number of hydrogen-bond donors (Lipinski definition) is 2. The van der Waals surface area contributed by atoms with Crippen LogP contribution in [0.5, 0.6) is 11.6 Å². The summed E-state index contributed by atoms with van der Waals surface area (Å²) < 4.78 is 6.00. The van der Waals surface area contributed by atoms with Gasteiger partial charge in [-0.1, -0.05) is 0 Å². The lowest BCUT2D eigenvalue weighted by molar-refractivity contribution is -0.00166. The van der Waals surface area contributed by atoms with Crippen LogP contribution in [0.4, 0.5) is 0 Å². The Bertz CT molecular complexity index is 397. The topological polar surface area (TPSA) is 54.4 Å². The molecule has 1 aromatic heterocycles. The van der Waals surface area contributed by atoms with Crippen molar-refractivity contribution < 1.29 is 9.84 Å². The average Bonchev–Trinajstić information content (AvgIpc) is 2.35. The zero-order chi connectivity index (χ0) is 10.3. The quantitative estimate of drug-likeness (QED) is 0.763. The molecule has 1 aliphatic heterocycles. The van der Waals surface area contributed by atoms with Gasteiger partial charge in [0.2, 0.25) is 5.88 Å². The van der Waals surface area contributed by atoms with E-state index >= 15 is 0 Å². The van der Waals surface area contributed by atoms with Gasteiger partial charge in [0.05, 0.1) is 0 Å². The molecule has 2 heterocycles. The Balaban J connectivity index is 0.000000722. The molecule has 6 heteroatoms. The van der Waals surface area contributed by atoms with Crippen LogP contribution in [-0.4, -0.2) is 22.2 Å². The van der Waals surface area contributed by atoms with E-state index < -0.39 is 0 Å². The lowest BCUT2D eigenvalue weighted by atomic mass is 9.80. The minimum atomic E-state index is -0.0100. The summed E-state index contributed by atoms with van der Waals surface area (Å²) in [5.74, 6) is 0.876. The first-order valence-electron chi connectivity index (χ1n) is 5.36. The number of pyridine rings is 1. The Hall–Kier alpha value is -0.710.